The molecule has 1 aliphatic rings. The summed E-state index contributed by atoms with van der Waals surface area (Å²) in [5, 5.41) is 3.37. The van der Waals surface area contributed by atoms with Crippen molar-refractivity contribution in [2.75, 3.05) is 18.4 Å². The Balaban J connectivity index is 1.60. The predicted octanol–water partition coefficient (Wildman–Crippen LogP) is 4.26. The lowest BCUT2D eigenvalue weighted by Crippen LogP contribution is -2.32. The summed E-state index contributed by atoms with van der Waals surface area (Å²) >= 11 is 1.28. The van der Waals surface area contributed by atoms with E-state index < -0.39 is 11.6 Å². The van der Waals surface area contributed by atoms with Crippen LogP contribution in [0.1, 0.15) is 12.8 Å². The Kier molecular flexibility index (Phi) is 4.04. The third-order valence-corrected chi connectivity index (χ3v) is 5.09. The highest BCUT2D eigenvalue weighted by Crippen LogP contribution is 2.30. The van der Waals surface area contributed by atoms with Gasteiger partial charge in [0.1, 0.15) is 15.4 Å². The second-order valence-electron chi connectivity index (χ2n) is 5.82. The third kappa shape index (κ3) is 3.17. The van der Waals surface area contributed by atoms with Crippen LogP contribution in [0.25, 0.3) is 20.9 Å². The zero-order valence-electron chi connectivity index (χ0n) is 13.1. The summed E-state index contributed by atoms with van der Waals surface area (Å²) in [5.41, 5.74) is 1.65. The highest BCUT2D eigenvalue weighted by Gasteiger charge is 2.18. The molecule has 0 spiro atoms. The summed E-state index contributed by atoms with van der Waals surface area (Å²) in [6, 6.07) is 5.26. The number of fused-ring (bicyclic) bond motifs is 1. The van der Waals surface area contributed by atoms with Gasteiger partial charge in [0, 0.05) is 18.7 Å². The van der Waals surface area contributed by atoms with Crippen LogP contribution in [0.15, 0.2) is 30.5 Å². The molecular formula is C17H14F2N4OS. The minimum atomic E-state index is -0.914. The SMILES string of the molecule is O=C(Nc1cnc2sc(-c3ccc(F)c(F)c3)nc2c1)N1CCCC1. The van der Waals surface area contributed by atoms with Crippen molar-refractivity contribution in [2.24, 2.45) is 0 Å². The molecule has 0 aliphatic carbocycles. The Morgan fingerprint density at radius 3 is 2.72 bits per heavy atom. The van der Waals surface area contributed by atoms with Gasteiger partial charge in [-0.05, 0) is 37.1 Å². The summed E-state index contributed by atoms with van der Waals surface area (Å²) in [7, 11) is 0. The average Bonchev–Trinajstić information content (AvgIpc) is 3.26. The van der Waals surface area contributed by atoms with Crippen molar-refractivity contribution in [1.29, 1.82) is 0 Å². The van der Waals surface area contributed by atoms with E-state index in [4.69, 9.17) is 0 Å². The molecule has 3 heterocycles. The zero-order valence-corrected chi connectivity index (χ0v) is 13.9. The number of halogens is 2. The lowest BCUT2D eigenvalue weighted by molar-refractivity contribution is 0.222. The second-order valence-corrected chi connectivity index (χ2v) is 6.80. The molecule has 1 aliphatic heterocycles. The average molecular weight is 360 g/mol. The van der Waals surface area contributed by atoms with Gasteiger partial charge in [-0.15, -0.1) is 0 Å². The molecule has 0 bridgehead atoms. The number of benzene rings is 1. The van der Waals surface area contributed by atoms with E-state index in [1.165, 1.54) is 17.4 Å². The van der Waals surface area contributed by atoms with Gasteiger partial charge < -0.3 is 10.2 Å². The molecular weight excluding hydrogens is 346 g/mol. The van der Waals surface area contributed by atoms with Crippen molar-refractivity contribution in [3.05, 3.63) is 42.1 Å². The molecule has 8 heteroatoms. The number of aromatic nitrogens is 2. The van der Waals surface area contributed by atoms with Crippen LogP contribution in [0.5, 0.6) is 0 Å². The molecule has 25 heavy (non-hydrogen) atoms. The van der Waals surface area contributed by atoms with Gasteiger partial charge in [-0.2, -0.15) is 0 Å². The normalized spacial score (nSPS) is 14.2. The van der Waals surface area contributed by atoms with E-state index >= 15 is 0 Å². The first kappa shape index (κ1) is 15.9. The minimum Gasteiger partial charge on any atom is -0.325 e. The van der Waals surface area contributed by atoms with E-state index in [2.05, 4.69) is 15.3 Å². The fourth-order valence-electron chi connectivity index (χ4n) is 2.77. The van der Waals surface area contributed by atoms with Crippen LogP contribution in [-0.4, -0.2) is 34.0 Å². The van der Waals surface area contributed by atoms with Gasteiger partial charge in [0.2, 0.25) is 0 Å². The van der Waals surface area contributed by atoms with Gasteiger partial charge in [-0.25, -0.2) is 23.5 Å². The largest absolute Gasteiger partial charge is 0.325 e. The Hall–Kier alpha value is -2.61. The van der Waals surface area contributed by atoms with Gasteiger partial charge >= 0.3 is 6.03 Å². The van der Waals surface area contributed by atoms with E-state index in [9.17, 15) is 13.6 Å². The number of urea groups is 1. The number of hydrogen-bond donors (Lipinski definition) is 1. The summed E-state index contributed by atoms with van der Waals surface area (Å²) in [4.78, 5) is 23.3. The Morgan fingerprint density at radius 2 is 1.96 bits per heavy atom. The van der Waals surface area contributed by atoms with E-state index in [1.54, 1.807) is 17.2 Å². The summed E-state index contributed by atoms with van der Waals surface area (Å²) in [6.07, 6.45) is 3.62. The van der Waals surface area contributed by atoms with Crippen molar-refractivity contribution in [3.8, 4) is 10.6 Å². The van der Waals surface area contributed by atoms with E-state index in [-0.39, 0.29) is 6.03 Å². The standard InChI is InChI=1S/C17H14F2N4OS/c18-12-4-3-10(7-13(12)19)15-22-14-8-11(9-20-16(14)25-15)21-17(24)23-5-1-2-6-23/h3-4,7-9H,1-2,5-6H2,(H,21,24). The number of likely N-dealkylation sites (tertiary alicyclic amines) is 1. The second kappa shape index (κ2) is 6.36. The molecule has 2 amide bonds. The van der Waals surface area contributed by atoms with Crippen LogP contribution in [0.4, 0.5) is 19.3 Å². The molecule has 0 saturated carbocycles. The number of carbonyl (C=O) groups excluding carboxylic acids is 1. The van der Waals surface area contributed by atoms with E-state index in [1.807, 2.05) is 0 Å². The van der Waals surface area contributed by atoms with Gasteiger partial charge in [0.25, 0.3) is 0 Å². The minimum absolute atomic E-state index is 0.144. The Morgan fingerprint density at radius 1 is 1.16 bits per heavy atom. The Labute approximate surface area is 146 Å². The van der Waals surface area contributed by atoms with Crippen LogP contribution in [0.3, 0.4) is 0 Å². The van der Waals surface area contributed by atoms with Crippen LogP contribution < -0.4 is 5.32 Å². The molecule has 0 atom stereocenters. The topological polar surface area (TPSA) is 58.1 Å². The van der Waals surface area contributed by atoms with Crippen LogP contribution >= 0.6 is 11.3 Å². The smallest absolute Gasteiger partial charge is 0.321 e. The maximum absolute atomic E-state index is 13.4. The zero-order chi connectivity index (χ0) is 17.4. The van der Waals surface area contributed by atoms with Crippen molar-refractivity contribution < 1.29 is 13.6 Å². The summed E-state index contributed by atoms with van der Waals surface area (Å²) in [6.45, 7) is 1.52. The van der Waals surface area contributed by atoms with Gasteiger partial charge in [-0.1, -0.05) is 11.3 Å². The number of nitrogens with zero attached hydrogens (tertiary/aromatic N) is 3. The first-order chi connectivity index (χ1) is 12.1. The summed E-state index contributed by atoms with van der Waals surface area (Å²) in [5.74, 6) is -1.81. The molecule has 3 aromatic rings. The molecule has 128 valence electrons. The summed E-state index contributed by atoms with van der Waals surface area (Å²) < 4.78 is 26.5. The van der Waals surface area contributed by atoms with E-state index in [0.717, 1.165) is 38.1 Å². The molecule has 1 fully saturated rings. The predicted molar refractivity (Wildman–Crippen MR) is 92.6 cm³/mol. The van der Waals surface area contributed by atoms with Gasteiger partial charge in [0.15, 0.2) is 11.6 Å². The highest BCUT2D eigenvalue weighted by molar-refractivity contribution is 7.21. The van der Waals surface area contributed by atoms with Gasteiger partial charge in [0.05, 0.1) is 11.9 Å². The lowest BCUT2D eigenvalue weighted by atomic mass is 10.2. The lowest BCUT2D eigenvalue weighted by Gasteiger charge is -2.15. The number of anilines is 1. The maximum Gasteiger partial charge on any atom is 0.321 e. The maximum atomic E-state index is 13.4. The van der Waals surface area contributed by atoms with Crippen LogP contribution in [0.2, 0.25) is 0 Å². The monoisotopic (exact) mass is 360 g/mol. The number of nitrogens with one attached hydrogen (secondary N) is 1. The quantitative estimate of drug-likeness (QED) is 0.743. The highest BCUT2D eigenvalue weighted by atomic mass is 32.1. The molecule has 0 radical (unpaired) electrons. The number of pyridine rings is 1. The van der Waals surface area contributed by atoms with Crippen LogP contribution in [-0.2, 0) is 0 Å². The Bertz CT molecular complexity index is 953. The number of hydrogen-bond acceptors (Lipinski definition) is 4. The van der Waals surface area contributed by atoms with Crippen molar-refractivity contribution in [2.45, 2.75) is 12.8 Å². The fraction of sp³-hybridized carbons (Fsp3) is 0.235. The number of rotatable bonds is 2. The number of thiazole rings is 1. The van der Waals surface area contributed by atoms with Crippen LogP contribution in [0, 0.1) is 11.6 Å². The van der Waals surface area contributed by atoms with Crippen molar-refractivity contribution in [1.82, 2.24) is 14.9 Å². The molecule has 1 saturated heterocycles. The van der Waals surface area contributed by atoms with Gasteiger partial charge in [-0.3, -0.25) is 0 Å². The first-order valence-corrected chi connectivity index (χ1v) is 8.70. The molecule has 1 N–H and O–H groups in total. The molecule has 2 aromatic heterocycles. The molecule has 0 unspecified atom stereocenters. The molecule has 4 rings (SSSR count). The first-order valence-electron chi connectivity index (χ1n) is 7.88. The van der Waals surface area contributed by atoms with Crippen molar-refractivity contribution in [3.63, 3.8) is 0 Å². The van der Waals surface area contributed by atoms with Crippen molar-refractivity contribution >= 4 is 33.4 Å². The number of amides is 2. The fourth-order valence-corrected chi connectivity index (χ4v) is 3.65. The molecule has 5 nitrogen and oxygen atoms in total. The number of carbonyl (C=O) groups is 1. The third-order valence-electron chi connectivity index (χ3n) is 4.06. The van der Waals surface area contributed by atoms with E-state index in [0.29, 0.717) is 26.6 Å². The molecule has 1 aromatic carbocycles.